The van der Waals surface area contributed by atoms with Crippen molar-refractivity contribution >= 4 is 17.7 Å². The van der Waals surface area contributed by atoms with Gasteiger partial charge in [0.05, 0.1) is 0 Å². The first-order valence-corrected chi connectivity index (χ1v) is 8.87. The standard InChI is InChI=1S/C17H21N3OS/c1-12-5-2-3-6-13(12)11-22-10-8-15-19-14-7-4-9-18-17(21)16(14)20-15/h2-3,5-6H,4,7-11H2,1H3,(H,18,21)(H,19,20). The van der Waals surface area contributed by atoms with E-state index in [1.165, 1.54) is 11.1 Å². The van der Waals surface area contributed by atoms with Gasteiger partial charge in [-0.1, -0.05) is 24.3 Å². The molecule has 1 aromatic heterocycles. The maximum Gasteiger partial charge on any atom is 0.271 e. The van der Waals surface area contributed by atoms with E-state index in [-0.39, 0.29) is 5.91 Å². The summed E-state index contributed by atoms with van der Waals surface area (Å²) < 4.78 is 0. The number of benzene rings is 1. The minimum absolute atomic E-state index is 0.0393. The summed E-state index contributed by atoms with van der Waals surface area (Å²) in [7, 11) is 0. The van der Waals surface area contributed by atoms with Gasteiger partial charge in [-0.05, 0) is 30.9 Å². The number of nitrogens with zero attached hydrogens (tertiary/aromatic N) is 1. The number of aromatic nitrogens is 2. The van der Waals surface area contributed by atoms with Crippen molar-refractivity contribution in [2.45, 2.75) is 31.9 Å². The van der Waals surface area contributed by atoms with Crippen LogP contribution in [-0.2, 0) is 18.6 Å². The van der Waals surface area contributed by atoms with Crippen LogP contribution in [0.5, 0.6) is 0 Å². The topological polar surface area (TPSA) is 57.8 Å². The molecule has 4 nitrogen and oxygen atoms in total. The summed E-state index contributed by atoms with van der Waals surface area (Å²) in [4.78, 5) is 19.7. The van der Waals surface area contributed by atoms with Crippen LogP contribution in [0, 0.1) is 6.92 Å². The lowest BCUT2D eigenvalue weighted by molar-refractivity contribution is 0.0951. The maximum atomic E-state index is 11.9. The van der Waals surface area contributed by atoms with Gasteiger partial charge in [0.15, 0.2) is 0 Å². The molecular formula is C17H21N3OS. The molecule has 0 saturated carbocycles. The van der Waals surface area contributed by atoms with Gasteiger partial charge in [-0.25, -0.2) is 4.98 Å². The average Bonchev–Trinajstić information content (AvgIpc) is 2.85. The van der Waals surface area contributed by atoms with Gasteiger partial charge in [-0.15, -0.1) is 0 Å². The lowest BCUT2D eigenvalue weighted by Crippen LogP contribution is -2.23. The number of aromatic amines is 1. The number of rotatable bonds is 5. The third-order valence-corrected chi connectivity index (χ3v) is 4.94. The molecule has 1 aromatic carbocycles. The van der Waals surface area contributed by atoms with Crippen LogP contribution in [0.3, 0.4) is 0 Å². The molecule has 0 spiro atoms. The maximum absolute atomic E-state index is 11.9. The van der Waals surface area contributed by atoms with Crippen molar-refractivity contribution in [1.29, 1.82) is 0 Å². The van der Waals surface area contributed by atoms with Crippen LogP contribution in [0.25, 0.3) is 0 Å². The zero-order chi connectivity index (χ0) is 15.4. The highest BCUT2D eigenvalue weighted by Crippen LogP contribution is 2.18. The molecule has 0 saturated heterocycles. The fraction of sp³-hybridized carbons (Fsp3) is 0.412. The van der Waals surface area contributed by atoms with E-state index in [1.807, 2.05) is 11.8 Å². The predicted molar refractivity (Wildman–Crippen MR) is 90.3 cm³/mol. The van der Waals surface area contributed by atoms with Crippen molar-refractivity contribution in [3.63, 3.8) is 0 Å². The molecule has 1 aliphatic rings. The molecule has 0 aliphatic carbocycles. The van der Waals surface area contributed by atoms with Gasteiger partial charge < -0.3 is 10.3 Å². The van der Waals surface area contributed by atoms with Gasteiger partial charge in [0, 0.05) is 30.2 Å². The lowest BCUT2D eigenvalue weighted by Gasteiger charge is -2.04. The first-order chi connectivity index (χ1) is 10.7. The van der Waals surface area contributed by atoms with Crippen LogP contribution in [-0.4, -0.2) is 28.2 Å². The Kier molecular flexibility index (Phi) is 4.83. The van der Waals surface area contributed by atoms with Gasteiger partial charge in [-0.2, -0.15) is 11.8 Å². The number of nitrogens with one attached hydrogen (secondary N) is 2. The molecule has 0 unspecified atom stereocenters. The number of hydrogen-bond acceptors (Lipinski definition) is 3. The molecular weight excluding hydrogens is 294 g/mol. The van der Waals surface area contributed by atoms with E-state index in [1.54, 1.807) is 0 Å². The van der Waals surface area contributed by atoms with Gasteiger partial charge in [-0.3, -0.25) is 4.79 Å². The van der Waals surface area contributed by atoms with Crippen molar-refractivity contribution in [2.75, 3.05) is 12.3 Å². The molecule has 0 bridgehead atoms. The molecule has 0 atom stereocenters. The molecule has 22 heavy (non-hydrogen) atoms. The van der Waals surface area contributed by atoms with Crippen molar-refractivity contribution in [3.8, 4) is 0 Å². The lowest BCUT2D eigenvalue weighted by atomic mass is 10.1. The first kappa shape index (κ1) is 15.2. The van der Waals surface area contributed by atoms with Gasteiger partial charge in [0.25, 0.3) is 5.91 Å². The molecule has 3 rings (SSSR count). The average molecular weight is 315 g/mol. The minimum atomic E-state index is -0.0393. The molecule has 1 amide bonds. The van der Waals surface area contributed by atoms with Crippen molar-refractivity contribution in [2.24, 2.45) is 0 Å². The number of fused-ring (bicyclic) bond motifs is 1. The highest BCUT2D eigenvalue weighted by molar-refractivity contribution is 7.98. The van der Waals surface area contributed by atoms with Crippen molar-refractivity contribution in [1.82, 2.24) is 15.3 Å². The SMILES string of the molecule is Cc1ccccc1CSCCc1nc2c([nH]1)CCCNC2=O. The van der Waals surface area contributed by atoms with Crippen molar-refractivity contribution in [3.05, 3.63) is 52.6 Å². The third kappa shape index (κ3) is 3.53. The Balaban J connectivity index is 1.53. The molecule has 0 radical (unpaired) electrons. The number of carbonyl (C=O) groups excluding carboxylic acids is 1. The summed E-state index contributed by atoms with van der Waals surface area (Å²) in [5.41, 5.74) is 4.32. The smallest absolute Gasteiger partial charge is 0.271 e. The molecule has 1 aliphatic heterocycles. The number of hydrogen-bond donors (Lipinski definition) is 2. The number of imidazole rings is 1. The van der Waals surface area contributed by atoms with Gasteiger partial charge in [0.1, 0.15) is 11.5 Å². The summed E-state index contributed by atoms with van der Waals surface area (Å²) in [6.45, 7) is 2.89. The summed E-state index contributed by atoms with van der Waals surface area (Å²) in [5, 5.41) is 2.88. The number of H-pyrrole nitrogens is 1. The Morgan fingerprint density at radius 2 is 2.18 bits per heavy atom. The molecule has 2 N–H and O–H groups in total. The van der Waals surface area contributed by atoms with E-state index in [4.69, 9.17) is 0 Å². The van der Waals surface area contributed by atoms with Crippen LogP contribution in [0.2, 0.25) is 0 Å². The second kappa shape index (κ2) is 7.01. The molecule has 2 heterocycles. The quantitative estimate of drug-likeness (QED) is 0.834. The summed E-state index contributed by atoms with van der Waals surface area (Å²) in [6, 6.07) is 8.50. The van der Waals surface area contributed by atoms with Gasteiger partial charge in [0.2, 0.25) is 0 Å². The minimum Gasteiger partial charge on any atom is -0.351 e. The van der Waals surface area contributed by atoms with Crippen LogP contribution in [0.1, 0.15) is 39.6 Å². The number of amides is 1. The number of carbonyl (C=O) groups is 1. The molecule has 0 fully saturated rings. The Bertz CT molecular complexity index is 666. The van der Waals surface area contributed by atoms with E-state index in [2.05, 4.69) is 46.5 Å². The molecule has 2 aromatic rings. The fourth-order valence-corrected chi connectivity index (χ4v) is 3.65. The third-order valence-electron chi connectivity index (χ3n) is 3.93. The monoisotopic (exact) mass is 315 g/mol. The van der Waals surface area contributed by atoms with Crippen LogP contribution < -0.4 is 5.32 Å². The zero-order valence-corrected chi connectivity index (χ0v) is 13.6. The Labute approximate surface area is 135 Å². The van der Waals surface area contributed by atoms with E-state index >= 15 is 0 Å². The second-order valence-corrected chi connectivity index (χ2v) is 6.70. The Hall–Kier alpha value is -1.75. The van der Waals surface area contributed by atoms with Crippen LogP contribution >= 0.6 is 11.8 Å². The molecule has 116 valence electrons. The zero-order valence-electron chi connectivity index (χ0n) is 12.8. The highest BCUT2D eigenvalue weighted by Gasteiger charge is 2.19. The number of aryl methyl sites for hydroxylation is 3. The number of thioether (sulfide) groups is 1. The summed E-state index contributed by atoms with van der Waals surface area (Å²) >= 11 is 1.91. The van der Waals surface area contributed by atoms with E-state index in [0.717, 1.165) is 48.8 Å². The van der Waals surface area contributed by atoms with E-state index < -0.39 is 0 Å². The Morgan fingerprint density at radius 1 is 1.32 bits per heavy atom. The second-order valence-electron chi connectivity index (χ2n) is 5.60. The normalized spacial score (nSPS) is 14.3. The summed E-state index contributed by atoms with van der Waals surface area (Å²) in [6.07, 6.45) is 2.75. The summed E-state index contributed by atoms with van der Waals surface area (Å²) in [5.74, 6) is 2.91. The molecule has 5 heteroatoms. The van der Waals surface area contributed by atoms with E-state index in [9.17, 15) is 4.79 Å². The Morgan fingerprint density at radius 3 is 3.05 bits per heavy atom. The van der Waals surface area contributed by atoms with Crippen LogP contribution in [0.4, 0.5) is 0 Å². The van der Waals surface area contributed by atoms with E-state index in [0.29, 0.717) is 5.69 Å². The van der Waals surface area contributed by atoms with Crippen LogP contribution in [0.15, 0.2) is 24.3 Å². The largest absolute Gasteiger partial charge is 0.351 e. The highest BCUT2D eigenvalue weighted by atomic mass is 32.2. The predicted octanol–water partition coefficient (Wildman–Crippen LogP) is 2.87. The van der Waals surface area contributed by atoms with Crippen molar-refractivity contribution < 1.29 is 4.79 Å². The van der Waals surface area contributed by atoms with Gasteiger partial charge >= 0.3 is 0 Å². The first-order valence-electron chi connectivity index (χ1n) is 7.72. The fourth-order valence-electron chi connectivity index (χ4n) is 2.62.